The summed E-state index contributed by atoms with van der Waals surface area (Å²) in [4.78, 5) is 14.3. The number of amides is 1. The first-order chi connectivity index (χ1) is 14.3. The summed E-state index contributed by atoms with van der Waals surface area (Å²) < 4.78 is 46.2. The van der Waals surface area contributed by atoms with E-state index in [2.05, 4.69) is 14.9 Å². The Bertz CT molecular complexity index is 860. The first-order valence-electron chi connectivity index (χ1n) is 10.8. The average Bonchev–Trinajstić information content (AvgIpc) is 2.64. The molecule has 9 heteroatoms. The Morgan fingerprint density at radius 3 is 2.42 bits per heavy atom. The lowest BCUT2D eigenvalue weighted by Gasteiger charge is -2.37. The quantitative estimate of drug-likeness (QED) is 0.624. The lowest BCUT2D eigenvalue weighted by atomic mass is 10.1. The van der Waals surface area contributed by atoms with E-state index in [0.717, 1.165) is 5.69 Å². The third-order valence-corrected chi connectivity index (χ3v) is 7.46. The predicted octanol–water partition coefficient (Wildman–Crippen LogP) is 3.51. The fourth-order valence-electron chi connectivity index (χ4n) is 3.35. The number of halogens is 1. The van der Waals surface area contributed by atoms with Crippen LogP contribution in [-0.4, -0.2) is 50.9 Å². The molecule has 1 aliphatic rings. The Morgan fingerprint density at radius 1 is 1.26 bits per heavy atom. The van der Waals surface area contributed by atoms with Crippen molar-refractivity contribution in [2.75, 3.05) is 29.9 Å². The van der Waals surface area contributed by atoms with Crippen molar-refractivity contribution < 1.29 is 22.3 Å². The molecule has 0 aromatic heterocycles. The van der Waals surface area contributed by atoms with E-state index in [-0.39, 0.29) is 42.7 Å². The van der Waals surface area contributed by atoms with E-state index in [1.807, 2.05) is 20.8 Å². The van der Waals surface area contributed by atoms with Gasteiger partial charge in [-0.25, -0.2) is 17.5 Å². The van der Waals surface area contributed by atoms with Crippen LogP contribution in [0, 0.1) is 11.7 Å². The highest BCUT2D eigenvalue weighted by Crippen LogP contribution is 2.25. The molecule has 0 aliphatic carbocycles. The smallest absolute Gasteiger partial charge is 0.224 e. The molecule has 1 saturated heterocycles. The summed E-state index contributed by atoms with van der Waals surface area (Å²) in [7, 11) is -3.42. The highest BCUT2D eigenvalue weighted by atomic mass is 32.2. The van der Waals surface area contributed by atoms with Crippen molar-refractivity contribution in [3.63, 3.8) is 0 Å². The number of rotatable bonds is 8. The number of nitrogens with zero attached hydrogens (tertiary/aromatic N) is 1. The molecule has 3 atom stereocenters. The molecule has 31 heavy (non-hydrogen) atoms. The molecule has 1 amide bonds. The second-order valence-corrected chi connectivity index (χ2v) is 12.0. The van der Waals surface area contributed by atoms with Crippen LogP contribution < -0.4 is 14.9 Å². The van der Waals surface area contributed by atoms with Gasteiger partial charge in [-0.05, 0) is 65.2 Å². The number of nitrogens with one attached hydrogen (secondary N) is 2. The molecule has 0 bridgehead atoms. The van der Waals surface area contributed by atoms with E-state index in [4.69, 9.17) is 4.74 Å². The van der Waals surface area contributed by atoms with Gasteiger partial charge < -0.3 is 15.0 Å². The molecule has 1 aromatic carbocycles. The lowest BCUT2D eigenvalue weighted by molar-refractivity contribution is -0.116. The van der Waals surface area contributed by atoms with Gasteiger partial charge in [0, 0.05) is 31.7 Å². The van der Waals surface area contributed by atoms with Crippen molar-refractivity contribution in [1.29, 1.82) is 0 Å². The van der Waals surface area contributed by atoms with Gasteiger partial charge in [-0.3, -0.25) is 4.79 Å². The highest BCUT2D eigenvalue weighted by molar-refractivity contribution is 7.90. The topological polar surface area (TPSA) is 87.7 Å². The summed E-state index contributed by atoms with van der Waals surface area (Å²) in [5.74, 6) is -0.810. The van der Waals surface area contributed by atoms with Crippen molar-refractivity contribution >= 4 is 27.3 Å². The molecular formula is C22H36FN3O4S. The minimum Gasteiger partial charge on any atom is -0.372 e. The predicted molar refractivity (Wildman–Crippen MR) is 122 cm³/mol. The number of carbonyl (C=O) groups excluding carboxylic acids is 1. The van der Waals surface area contributed by atoms with Crippen LogP contribution in [0.2, 0.25) is 0 Å². The van der Waals surface area contributed by atoms with Gasteiger partial charge in [0.1, 0.15) is 5.82 Å². The Kier molecular flexibility index (Phi) is 8.47. The van der Waals surface area contributed by atoms with E-state index < -0.39 is 20.6 Å². The molecule has 0 saturated carbocycles. The molecule has 2 rings (SSSR count). The molecule has 2 N–H and O–H groups in total. The maximum Gasteiger partial charge on any atom is 0.224 e. The third kappa shape index (κ3) is 7.43. The zero-order valence-electron chi connectivity index (χ0n) is 19.4. The minimum absolute atomic E-state index is 0.0274. The van der Waals surface area contributed by atoms with Gasteiger partial charge in [-0.2, -0.15) is 0 Å². The number of hydrogen-bond donors (Lipinski definition) is 2. The zero-order valence-corrected chi connectivity index (χ0v) is 20.2. The summed E-state index contributed by atoms with van der Waals surface area (Å²) in [6.07, 6.45) is 0.807. The monoisotopic (exact) mass is 457 g/mol. The molecule has 0 spiro atoms. The molecular weight excluding hydrogens is 421 g/mol. The van der Waals surface area contributed by atoms with Crippen molar-refractivity contribution in [2.45, 2.75) is 71.3 Å². The number of morpholine rings is 1. The summed E-state index contributed by atoms with van der Waals surface area (Å²) in [5, 5.41) is 2.61. The standard InChI is InChI=1S/C22H36FN3O4S/c1-15(12-24-31(28,29)22(4,5)6)7-10-21(27)25-20-9-8-18(11-19(20)23)26-13-16(2)30-17(3)14-26/h8-9,11,15-17,24H,7,10,12-14H2,1-6H3,(H,25,27)/t15?,16-,17+. The second-order valence-electron chi connectivity index (χ2n) is 9.48. The SMILES string of the molecule is CC(CCC(=O)Nc1ccc(N2C[C@@H](C)O[C@@H](C)C2)cc1F)CNS(=O)(=O)C(C)(C)C. The molecule has 176 valence electrons. The van der Waals surface area contributed by atoms with E-state index in [1.54, 1.807) is 32.9 Å². The van der Waals surface area contributed by atoms with Crippen LogP contribution in [0.15, 0.2) is 18.2 Å². The fourth-order valence-corrected chi connectivity index (χ4v) is 4.29. The minimum atomic E-state index is -3.42. The number of sulfonamides is 1. The number of ether oxygens (including phenoxy) is 1. The molecule has 1 aromatic rings. The third-order valence-electron chi connectivity index (χ3n) is 5.30. The van der Waals surface area contributed by atoms with E-state index in [0.29, 0.717) is 19.5 Å². The Morgan fingerprint density at radius 2 is 1.87 bits per heavy atom. The summed E-state index contributed by atoms with van der Waals surface area (Å²) in [6, 6.07) is 4.81. The first kappa shape index (κ1) is 25.5. The van der Waals surface area contributed by atoms with Crippen LogP contribution in [0.5, 0.6) is 0 Å². The van der Waals surface area contributed by atoms with Crippen LogP contribution in [0.4, 0.5) is 15.8 Å². The molecule has 1 unspecified atom stereocenters. The van der Waals surface area contributed by atoms with Crippen molar-refractivity contribution in [1.82, 2.24) is 4.72 Å². The summed E-state index contributed by atoms with van der Waals surface area (Å²) >= 11 is 0. The molecule has 7 nitrogen and oxygen atoms in total. The summed E-state index contributed by atoms with van der Waals surface area (Å²) in [6.45, 7) is 12.4. The maximum absolute atomic E-state index is 14.6. The van der Waals surface area contributed by atoms with E-state index >= 15 is 0 Å². The van der Waals surface area contributed by atoms with Gasteiger partial charge in [-0.1, -0.05) is 6.92 Å². The van der Waals surface area contributed by atoms with Gasteiger partial charge in [-0.15, -0.1) is 0 Å². The lowest BCUT2D eigenvalue weighted by Crippen LogP contribution is -2.45. The number of carbonyl (C=O) groups is 1. The van der Waals surface area contributed by atoms with Gasteiger partial charge in [0.2, 0.25) is 15.9 Å². The van der Waals surface area contributed by atoms with Crippen molar-refractivity contribution in [3.8, 4) is 0 Å². The molecule has 1 fully saturated rings. The first-order valence-corrected chi connectivity index (χ1v) is 12.3. The Balaban J connectivity index is 1.85. The second kappa shape index (κ2) is 10.3. The van der Waals surface area contributed by atoms with Gasteiger partial charge in [0.05, 0.1) is 22.6 Å². The van der Waals surface area contributed by atoms with Gasteiger partial charge in [0.15, 0.2) is 0 Å². The molecule has 1 heterocycles. The maximum atomic E-state index is 14.6. The van der Waals surface area contributed by atoms with Crippen LogP contribution in [0.3, 0.4) is 0 Å². The molecule has 0 radical (unpaired) electrons. The highest BCUT2D eigenvalue weighted by Gasteiger charge is 2.29. The van der Waals surface area contributed by atoms with Crippen LogP contribution >= 0.6 is 0 Å². The number of anilines is 2. The number of benzene rings is 1. The van der Waals surface area contributed by atoms with Crippen LogP contribution in [-0.2, 0) is 19.6 Å². The van der Waals surface area contributed by atoms with Crippen LogP contribution in [0.25, 0.3) is 0 Å². The van der Waals surface area contributed by atoms with E-state index in [9.17, 15) is 17.6 Å². The largest absolute Gasteiger partial charge is 0.372 e. The normalized spacial score (nSPS) is 21.1. The average molecular weight is 458 g/mol. The number of hydrogen-bond acceptors (Lipinski definition) is 5. The van der Waals surface area contributed by atoms with Crippen molar-refractivity contribution in [2.24, 2.45) is 5.92 Å². The van der Waals surface area contributed by atoms with Gasteiger partial charge >= 0.3 is 0 Å². The van der Waals surface area contributed by atoms with Gasteiger partial charge in [0.25, 0.3) is 0 Å². The fraction of sp³-hybridized carbons (Fsp3) is 0.682. The van der Waals surface area contributed by atoms with Crippen LogP contribution in [0.1, 0.15) is 54.4 Å². The van der Waals surface area contributed by atoms with Crippen molar-refractivity contribution in [3.05, 3.63) is 24.0 Å². The zero-order chi connectivity index (χ0) is 23.4. The Labute approximate surface area is 185 Å². The summed E-state index contributed by atoms with van der Waals surface area (Å²) in [5.41, 5.74) is 0.904. The van der Waals surface area contributed by atoms with E-state index in [1.165, 1.54) is 6.07 Å². The molecule has 1 aliphatic heterocycles. The Hall–Kier alpha value is -1.71.